The summed E-state index contributed by atoms with van der Waals surface area (Å²) in [5.74, 6) is -1.54. The summed E-state index contributed by atoms with van der Waals surface area (Å²) in [6.45, 7) is -3.04. The monoisotopic (exact) mass is 1190 g/mol. The van der Waals surface area contributed by atoms with Crippen LogP contribution in [-0.2, 0) is 82.5 Å². The van der Waals surface area contributed by atoms with E-state index in [0.717, 1.165) is 19.8 Å². The maximum Gasteiger partial charge on any atom is 0.490 e. The van der Waals surface area contributed by atoms with Crippen LogP contribution in [0.3, 0.4) is 0 Å². The molecule has 16 atom stereocenters. The number of H-pyrrole nitrogens is 1. The second-order valence-electron chi connectivity index (χ2n) is 17.7. The van der Waals surface area contributed by atoms with Crippen molar-refractivity contribution in [3.63, 3.8) is 0 Å². The summed E-state index contributed by atoms with van der Waals surface area (Å²) in [4.78, 5) is 96.2. The zero-order valence-corrected chi connectivity index (χ0v) is 44.6. The highest BCUT2D eigenvalue weighted by Gasteiger charge is 2.58. The number of hydrogen-bond acceptors (Lipinski definition) is 28. The number of nitrogens with two attached hydrogens (primary N) is 3. The summed E-state index contributed by atoms with van der Waals surface area (Å²) in [7, 11) is -18.0. The number of fused-ring (bicyclic) bond motifs is 3. The largest absolute Gasteiger partial charge is 0.490 e. The van der Waals surface area contributed by atoms with E-state index in [1.165, 1.54) is 52.1 Å². The number of ether oxygens (including phenoxy) is 5. The van der Waals surface area contributed by atoms with Gasteiger partial charge in [0.2, 0.25) is 17.7 Å². The normalized spacial score (nSPS) is 30.3. The number of phosphoric acid groups is 3. The van der Waals surface area contributed by atoms with Gasteiger partial charge >= 0.3 is 36.7 Å². The molecule has 428 valence electrons. The number of guanidine groups is 1. The zero-order valence-electron chi connectivity index (χ0n) is 41.0. The fraction of sp³-hybridized carbons (Fsp3) is 0.583. The predicted octanol–water partition coefficient (Wildman–Crippen LogP) is -3.18. The maximum atomic E-state index is 14.5. The number of anilines is 3. The third-order valence-corrected chi connectivity index (χ3v) is 19.1. The summed E-state index contributed by atoms with van der Waals surface area (Å²) in [5.41, 5.74) is 15.6. The Balaban J connectivity index is 0.892. The lowest BCUT2D eigenvalue weighted by atomic mass is 9.94. The van der Waals surface area contributed by atoms with Gasteiger partial charge in [0, 0.05) is 33.6 Å². The van der Waals surface area contributed by atoms with E-state index in [4.69, 9.17) is 54.5 Å². The van der Waals surface area contributed by atoms with Crippen molar-refractivity contribution in [1.29, 1.82) is 0 Å². The SMILES string of the molecule is CNC(=O)C[C@H]1[C@@H](OC)[C@H]([n+]2cn(C)c3c(=O)[nH]c(N)nc32)O[C@@H]1COP(=O)(O)OP(=O)(O)OP(=O)(O)OC[C@H]1O[C@@H](n2cnc3c(N)ncnc32)[C@H](OC)[C@@H]1P(=O)(O)OCC1O[C@@H](n2cnc3c2NC(N)=NC3)[C@H](O)[C@@H]1O. The fourth-order valence-corrected chi connectivity index (χ4v) is 14.7. The average molecular weight is 1190 g/mol. The first-order valence-electron chi connectivity index (χ1n) is 22.8. The van der Waals surface area contributed by atoms with Crippen molar-refractivity contribution in [3.8, 4) is 0 Å². The van der Waals surface area contributed by atoms with E-state index in [1.54, 1.807) is 0 Å². The Morgan fingerprint density at radius 1 is 0.846 bits per heavy atom. The number of phosphoric ester groups is 2. The first kappa shape index (κ1) is 57.4. The van der Waals surface area contributed by atoms with Crippen LogP contribution >= 0.6 is 31.1 Å². The highest BCUT2D eigenvalue weighted by molar-refractivity contribution is 7.66. The quantitative estimate of drug-likeness (QED) is 0.0255. The van der Waals surface area contributed by atoms with Crippen LogP contribution in [-0.4, -0.2) is 175 Å². The molecule has 0 radical (unpaired) electrons. The number of nitrogens with one attached hydrogen (secondary N) is 3. The van der Waals surface area contributed by atoms with Crippen LogP contribution in [0.2, 0.25) is 0 Å². The Bertz CT molecular complexity index is 3380. The number of imidazole rings is 3. The fourth-order valence-electron chi connectivity index (χ4n) is 9.45. The van der Waals surface area contributed by atoms with Gasteiger partial charge in [0.1, 0.15) is 65.6 Å². The van der Waals surface area contributed by atoms with E-state index in [2.05, 4.69) is 54.2 Å². The second-order valence-corrected chi connectivity index (χ2v) is 24.4. The van der Waals surface area contributed by atoms with E-state index in [0.29, 0.717) is 11.5 Å². The van der Waals surface area contributed by atoms with Gasteiger partial charge in [-0.1, -0.05) is 4.98 Å². The first-order chi connectivity index (χ1) is 36.8. The molecule has 15 N–H and O–H groups in total. The number of hydrogen-bond donors (Lipinski definition) is 12. The van der Waals surface area contributed by atoms with Crippen LogP contribution in [0.25, 0.3) is 22.3 Å². The standard InChI is InChI=1S/C36H52N16O22P4/c1-40-19(53)5-14-16(70-33(24(14)65-3)52-13-49(2)21-30(52)47-36(39)48-31(21)56)7-68-76(59,60)73-78(63,64)74-77(61,62)69-9-18-26(25(66-4)34(72-18)51-12-45-20-27(37)42-10-43-29(20)51)75(57,58)67-8-17-22(54)23(55)32(71-17)50-11-44-15-6-41-35(38)46-28(15)50/h10-14,16-18,22-26,32-34,54-55H,5-9H2,1-4H3,(H12-,37,38,39,40,41,42,43,46,47,48,53,56,57,58,59,60,61,62,63,64)/p+1/t14-,16-,17?,18-,22-,23-,24-,25-,26-,32-,33-,34-/m1/s1. The number of aromatic nitrogens is 10. The lowest BCUT2D eigenvalue weighted by Crippen LogP contribution is -2.46. The molecule has 5 unspecified atom stereocenters. The number of aliphatic hydroxyl groups is 2. The van der Waals surface area contributed by atoms with Crippen LogP contribution in [0.5, 0.6) is 0 Å². The number of nitrogens with zero attached hydrogens (tertiary/aromatic N) is 10. The highest BCUT2D eigenvalue weighted by Crippen LogP contribution is 2.68. The van der Waals surface area contributed by atoms with Crippen molar-refractivity contribution in [1.82, 2.24) is 48.9 Å². The Morgan fingerprint density at radius 2 is 1.50 bits per heavy atom. The van der Waals surface area contributed by atoms with Crippen molar-refractivity contribution >= 4 is 82.8 Å². The molecule has 0 bridgehead atoms. The molecule has 4 aliphatic rings. The Labute approximate surface area is 437 Å². The van der Waals surface area contributed by atoms with E-state index < -0.39 is 135 Å². The molecule has 0 aromatic carbocycles. The third kappa shape index (κ3) is 11.4. The second kappa shape index (κ2) is 22.0. The van der Waals surface area contributed by atoms with Gasteiger partial charge in [-0.05, 0) is 0 Å². The Hall–Kier alpha value is -5.27. The van der Waals surface area contributed by atoms with Crippen LogP contribution in [0.15, 0.2) is 35.1 Å². The number of aliphatic imine (C=N–C) groups is 1. The molecule has 9 rings (SSSR count). The van der Waals surface area contributed by atoms with Gasteiger partial charge in [-0.25, -0.2) is 43.2 Å². The minimum Gasteiger partial charge on any atom is -0.387 e. The van der Waals surface area contributed by atoms with Crippen molar-refractivity contribution in [2.45, 2.75) is 80.0 Å². The molecule has 3 fully saturated rings. The molecule has 4 aliphatic heterocycles. The molecular weight excluding hydrogens is 1130 g/mol. The minimum atomic E-state index is -6.21. The summed E-state index contributed by atoms with van der Waals surface area (Å²) >= 11 is 0. The number of carbonyl (C=O) groups excluding carboxylic acids is 1. The maximum absolute atomic E-state index is 14.5. The number of aliphatic hydroxyl groups excluding tert-OH is 2. The Morgan fingerprint density at radius 3 is 2.18 bits per heavy atom. The molecule has 42 heteroatoms. The summed E-state index contributed by atoms with van der Waals surface area (Å²) in [6, 6.07) is 0. The van der Waals surface area contributed by atoms with Gasteiger partial charge < -0.3 is 85.8 Å². The van der Waals surface area contributed by atoms with Crippen molar-refractivity contribution in [3.05, 3.63) is 41.4 Å². The molecule has 0 spiro atoms. The molecule has 0 aliphatic carbocycles. The number of carbonyl (C=O) groups is 1. The van der Waals surface area contributed by atoms with Gasteiger partial charge in [0.25, 0.3) is 11.5 Å². The average Bonchev–Trinajstić information content (AvgIpc) is 4.25. The summed E-state index contributed by atoms with van der Waals surface area (Å²) < 4.78 is 113. The van der Waals surface area contributed by atoms with Gasteiger partial charge in [-0.2, -0.15) is 8.62 Å². The molecule has 38 nitrogen and oxygen atoms in total. The molecule has 5 aromatic heterocycles. The van der Waals surface area contributed by atoms with Crippen LogP contribution in [0, 0.1) is 5.92 Å². The number of methoxy groups -OCH3 is 2. The number of aryl methyl sites for hydroxylation is 1. The third-order valence-electron chi connectivity index (χ3n) is 12.9. The summed E-state index contributed by atoms with van der Waals surface area (Å²) in [6.07, 6.45) is -10.2. The van der Waals surface area contributed by atoms with Crippen molar-refractivity contribution in [2.24, 2.45) is 23.7 Å². The Kier molecular flexibility index (Phi) is 16.2. The van der Waals surface area contributed by atoms with Gasteiger partial charge in [-0.15, -0.1) is 0 Å². The van der Waals surface area contributed by atoms with E-state index in [9.17, 15) is 57.6 Å². The number of nitrogen functional groups attached to an aromatic ring is 2. The minimum absolute atomic E-state index is 0.0182. The van der Waals surface area contributed by atoms with E-state index in [-0.39, 0.29) is 53.0 Å². The number of rotatable bonds is 21. The van der Waals surface area contributed by atoms with Gasteiger partial charge in [0.05, 0.1) is 52.2 Å². The molecule has 0 saturated carbocycles. The van der Waals surface area contributed by atoms with Crippen LogP contribution in [0.4, 0.5) is 17.6 Å². The highest BCUT2D eigenvalue weighted by atomic mass is 31.3. The predicted molar refractivity (Wildman–Crippen MR) is 257 cm³/mol. The lowest BCUT2D eigenvalue weighted by Gasteiger charge is -2.28. The molecule has 3 saturated heterocycles. The summed E-state index contributed by atoms with van der Waals surface area (Å²) in [5, 5.41) is 27.3. The topological polar surface area (TPSA) is 529 Å². The molecule has 5 aromatic rings. The van der Waals surface area contributed by atoms with Crippen LogP contribution in [0.1, 0.15) is 30.8 Å². The molecular formula is C36H53N16O22P4+. The van der Waals surface area contributed by atoms with Crippen LogP contribution < -0.4 is 38.0 Å². The van der Waals surface area contributed by atoms with Crippen molar-refractivity contribution < 1.29 is 103 Å². The molecule has 78 heavy (non-hydrogen) atoms. The molecule has 1 amide bonds. The zero-order chi connectivity index (χ0) is 56.4. The number of amides is 1. The smallest absolute Gasteiger partial charge is 0.387 e. The number of aromatic amines is 1. The lowest BCUT2D eigenvalue weighted by molar-refractivity contribution is -0.746. The van der Waals surface area contributed by atoms with Crippen molar-refractivity contribution in [2.75, 3.05) is 57.9 Å². The van der Waals surface area contributed by atoms with Gasteiger partial charge in [0.15, 0.2) is 36.2 Å². The van der Waals surface area contributed by atoms with Gasteiger partial charge in [-0.3, -0.25) is 41.9 Å². The first-order valence-corrected chi connectivity index (χ1v) is 29.0. The van der Waals surface area contributed by atoms with E-state index in [1.807, 2.05) is 0 Å². The van der Waals surface area contributed by atoms with E-state index >= 15 is 0 Å². The molecule has 9 heterocycles.